The molecule has 0 spiro atoms. The number of carbonyl (C=O) groups is 1. The van der Waals surface area contributed by atoms with Crippen LogP contribution >= 0.6 is 0 Å². The summed E-state index contributed by atoms with van der Waals surface area (Å²) in [5.74, 6) is -0.396. The van der Waals surface area contributed by atoms with E-state index >= 15 is 0 Å². The van der Waals surface area contributed by atoms with Gasteiger partial charge in [0, 0.05) is 6.04 Å². The smallest absolute Gasteiger partial charge is 0.349 e. The van der Waals surface area contributed by atoms with Gasteiger partial charge in [0.15, 0.2) is 5.69 Å². The highest BCUT2D eigenvalue weighted by atomic mass is 19.4. The van der Waals surface area contributed by atoms with Crippen molar-refractivity contribution < 1.29 is 22.4 Å². The fourth-order valence-corrected chi connectivity index (χ4v) is 5.69. The Labute approximate surface area is 155 Å². The van der Waals surface area contributed by atoms with E-state index in [4.69, 9.17) is 0 Å². The first kappa shape index (κ1) is 18.7. The Morgan fingerprint density at radius 3 is 2.26 bits per heavy atom. The Morgan fingerprint density at radius 1 is 1.19 bits per heavy atom. The Hall–Kier alpha value is -1.60. The van der Waals surface area contributed by atoms with Crippen LogP contribution in [0.4, 0.5) is 17.6 Å². The fraction of sp³-hybridized carbons (Fsp3) is 0.789. The summed E-state index contributed by atoms with van der Waals surface area (Å²) in [5.41, 5.74) is -3.54. The van der Waals surface area contributed by atoms with E-state index in [9.17, 15) is 22.4 Å². The van der Waals surface area contributed by atoms with Gasteiger partial charge in [-0.15, -0.1) is 0 Å². The number of nitrogens with zero attached hydrogens (tertiary/aromatic N) is 2. The van der Waals surface area contributed by atoms with Crippen molar-refractivity contribution in [2.24, 2.45) is 17.8 Å². The standard InChI is InChI=1S/C19H25F4N3O/c1-17(2,3)26-15(19(21,22)23)13(9-24-26)16(27)25-14-11-4-10-5-12(14)8-18(20,6-10)7-11/h9-12,14H,4-8H2,1-3H3,(H,25,27)/t10?,11-,12-,14?,18?/m0/s1. The molecule has 8 heteroatoms. The van der Waals surface area contributed by atoms with E-state index in [0.717, 1.165) is 23.7 Å². The van der Waals surface area contributed by atoms with Crippen LogP contribution in [0.1, 0.15) is 68.9 Å². The number of amides is 1. The van der Waals surface area contributed by atoms with E-state index in [-0.39, 0.29) is 17.9 Å². The Balaban J connectivity index is 1.60. The van der Waals surface area contributed by atoms with Gasteiger partial charge in [-0.05, 0) is 70.6 Å². The lowest BCUT2D eigenvalue weighted by atomic mass is 9.53. The maximum absolute atomic E-state index is 14.8. The second kappa shape index (κ2) is 5.70. The molecular weight excluding hydrogens is 362 g/mol. The van der Waals surface area contributed by atoms with Crippen molar-refractivity contribution in [3.63, 3.8) is 0 Å². The second-order valence-electron chi connectivity index (χ2n) is 9.61. The van der Waals surface area contributed by atoms with Crippen molar-refractivity contribution >= 4 is 5.91 Å². The minimum absolute atomic E-state index is 0.0113. The number of nitrogens with one attached hydrogen (secondary N) is 1. The first-order chi connectivity index (χ1) is 12.4. The molecule has 5 rings (SSSR count). The third-order valence-electron chi connectivity index (χ3n) is 6.41. The first-order valence-electron chi connectivity index (χ1n) is 9.53. The van der Waals surface area contributed by atoms with Crippen LogP contribution in [0.3, 0.4) is 0 Å². The fourth-order valence-electron chi connectivity index (χ4n) is 5.69. The molecule has 150 valence electrons. The predicted molar refractivity (Wildman–Crippen MR) is 90.9 cm³/mol. The molecule has 4 fully saturated rings. The van der Waals surface area contributed by atoms with Gasteiger partial charge in [0.05, 0.1) is 17.3 Å². The van der Waals surface area contributed by atoms with Crippen LogP contribution < -0.4 is 5.32 Å². The van der Waals surface area contributed by atoms with Gasteiger partial charge in [-0.3, -0.25) is 9.48 Å². The van der Waals surface area contributed by atoms with Crippen molar-refractivity contribution in [2.45, 2.75) is 76.3 Å². The predicted octanol–water partition coefficient (Wildman–Crippen LogP) is 4.30. The SMILES string of the molecule is CC(C)(C)n1ncc(C(=O)NC2[C@H]3CC4C[C@H]2CC(F)(C4)C3)c1C(F)(F)F. The molecule has 1 heterocycles. The number of halogens is 4. The lowest BCUT2D eigenvalue weighted by molar-refractivity contribution is -0.146. The monoisotopic (exact) mass is 387 g/mol. The van der Waals surface area contributed by atoms with Crippen LogP contribution in [0.25, 0.3) is 0 Å². The number of carbonyl (C=O) groups excluding carboxylic acids is 1. The lowest BCUT2D eigenvalue weighted by Gasteiger charge is -2.56. The van der Waals surface area contributed by atoms with Crippen LogP contribution in [0.2, 0.25) is 0 Å². The Kier molecular flexibility index (Phi) is 3.96. The third-order valence-corrected chi connectivity index (χ3v) is 6.41. The zero-order valence-electron chi connectivity index (χ0n) is 15.7. The van der Waals surface area contributed by atoms with Crippen molar-refractivity contribution in [2.75, 3.05) is 0 Å². The third kappa shape index (κ3) is 3.14. The molecule has 0 aromatic carbocycles. The van der Waals surface area contributed by atoms with E-state index < -0.39 is 34.5 Å². The summed E-state index contributed by atoms with van der Waals surface area (Å²) >= 11 is 0. The number of aromatic nitrogens is 2. The maximum atomic E-state index is 14.8. The molecule has 0 unspecified atom stereocenters. The molecule has 1 N–H and O–H groups in total. The summed E-state index contributed by atoms with van der Waals surface area (Å²) in [6.07, 6.45) is -0.603. The van der Waals surface area contributed by atoms with E-state index in [1.54, 1.807) is 20.8 Å². The average molecular weight is 387 g/mol. The Bertz CT molecular complexity index is 748. The number of hydrogen-bond donors (Lipinski definition) is 1. The molecular formula is C19H25F4N3O. The van der Waals surface area contributed by atoms with Gasteiger partial charge in [0.25, 0.3) is 5.91 Å². The molecule has 1 aromatic rings. The highest BCUT2D eigenvalue weighted by Crippen LogP contribution is 2.57. The molecule has 1 aromatic heterocycles. The van der Waals surface area contributed by atoms with Crippen LogP contribution in [-0.2, 0) is 11.7 Å². The maximum Gasteiger partial charge on any atom is 0.433 e. The first-order valence-corrected chi connectivity index (χ1v) is 9.53. The van der Waals surface area contributed by atoms with Crippen LogP contribution in [0.5, 0.6) is 0 Å². The summed E-state index contributed by atoms with van der Waals surface area (Å²) in [4.78, 5) is 12.8. The van der Waals surface area contributed by atoms with Crippen molar-refractivity contribution in [1.29, 1.82) is 0 Å². The molecule has 4 saturated carbocycles. The molecule has 0 saturated heterocycles. The number of alkyl halides is 4. The molecule has 4 aliphatic rings. The van der Waals surface area contributed by atoms with Gasteiger partial charge >= 0.3 is 6.18 Å². The van der Waals surface area contributed by atoms with Gasteiger partial charge in [0.1, 0.15) is 5.67 Å². The van der Waals surface area contributed by atoms with Gasteiger partial charge in [-0.1, -0.05) is 0 Å². The molecule has 27 heavy (non-hydrogen) atoms. The molecule has 0 aliphatic heterocycles. The van der Waals surface area contributed by atoms with E-state index in [2.05, 4.69) is 10.4 Å². The summed E-state index contributed by atoms with van der Waals surface area (Å²) in [7, 11) is 0. The number of rotatable bonds is 2. The molecule has 4 bridgehead atoms. The van der Waals surface area contributed by atoms with E-state index in [1.807, 2.05) is 0 Å². The molecule has 2 atom stereocenters. The quantitative estimate of drug-likeness (QED) is 0.769. The molecule has 0 radical (unpaired) electrons. The summed E-state index contributed by atoms with van der Waals surface area (Å²) < 4.78 is 56.6. The van der Waals surface area contributed by atoms with Gasteiger partial charge in [-0.25, -0.2) is 4.39 Å². The topological polar surface area (TPSA) is 46.9 Å². The highest BCUT2D eigenvalue weighted by Gasteiger charge is 2.56. The van der Waals surface area contributed by atoms with Crippen molar-refractivity contribution in [3.05, 3.63) is 17.5 Å². The van der Waals surface area contributed by atoms with Crippen LogP contribution in [-0.4, -0.2) is 27.4 Å². The zero-order valence-corrected chi connectivity index (χ0v) is 15.7. The number of hydrogen-bond acceptors (Lipinski definition) is 2. The van der Waals surface area contributed by atoms with E-state index in [1.165, 1.54) is 0 Å². The summed E-state index contributed by atoms with van der Waals surface area (Å²) in [5, 5.41) is 6.66. The van der Waals surface area contributed by atoms with Gasteiger partial charge < -0.3 is 5.32 Å². The van der Waals surface area contributed by atoms with Crippen molar-refractivity contribution in [3.8, 4) is 0 Å². The molecule has 1 amide bonds. The summed E-state index contributed by atoms with van der Waals surface area (Å²) in [6, 6.07) is -0.253. The highest BCUT2D eigenvalue weighted by molar-refractivity contribution is 5.95. The van der Waals surface area contributed by atoms with Crippen molar-refractivity contribution in [1.82, 2.24) is 15.1 Å². The zero-order chi connectivity index (χ0) is 19.8. The Morgan fingerprint density at radius 2 is 1.78 bits per heavy atom. The van der Waals surface area contributed by atoms with E-state index in [0.29, 0.717) is 25.2 Å². The lowest BCUT2D eigenvalue weighted by Crippen LogP contribution is -2.60. The minimum Gasteiger partial charge on any atom is -0.349 e. The van der Waals surface area contributed by atoms with Crippen LogP contribution in [0.15, 0.2) is 6.20 Å². The van der Waals surface area contributed by atoms with Gasteiger partial charge in [0.2, 0.25) is 0 Å². The van der Waals surface area contributed by atoms with Crippen LogP contribution in [0, 0.1) is 17.8 Å². The largest absolute Gasteiger partial charge is 0.433 e. The second-order valence-corrected chi connectivity index (χ2v) is 9.61. The normalized spacial score (nSPS) is 35.5. The molecule has 4 nitrogen and oxygen atoms in total. The average Bonchev–Trinajstić information content (AvgIpc) is 2.94. The van der Waals surface area contributed by atoms with Gasteiger partial charge in [-0.2, -0.15) is 18.3 Å². The summed E-state index contributed by atoms with van der Waals surface area (Å²) in [6.45, 7) is 4.82. The minimum atomic E-state index is -4.69. The molecule has 4 aliphatic carbocycles.